The molecule has 110 valence electrons. The van der Waals surface area contributed by atoms with E-state index in [4.69, 9.17) is 21.3 Å². The van der Waals surface area contributed by atoms with Gasteiger partial charge in [-0.3, -0.25) is 5.32 Å². The van der Waals surface area contributed by atoms with Crippen LogP contribution in [0.15, 0.2) is 11.6 Å². The van der Waals surface area contributed by atoms with Crippen LogP contribution in [-0.4, -0.2) is 30.2 Å². The second-order valence-corrected chi connectivity index (χ2v) is 7.23. The zero-order chi connectivity index (χ0) is 14.5. The molecular formula is C13H18ClN3OS2. The Morgan fingerprint density at radius 2 is 2.20 bits per heavy atom. The first-order chi connectivity index (χ1) is 9.61. The van der Waals surface area contributed by atoms with Crippen LogP contribution < -0.4 is 5.32 Å². The quantitative estimate of drug-likeness (QED) is 0.786. The van der Waals surface area contributed by atoms with Crippen LogP contribution in [0.1, 0.15) is 41.5 Å². The van der Waals surface area contributed by atoms with E-state index < -0.39 is 0 Å². The highest BCUT2D eigenvalue weighted by Gasteiger charge is 2.21. The van der Waals surface area contributed by atoms with E-state index in [0.29, 0.717) is 16.9 Å². The fourth-order valence-electron chi connectivity index (χ4n) is 1.68. The summed E-state index contributed by atoms with van der Waals surface area (Å²) in [6.45, 7) is 5.69. The molecule has 0 aliphatic heterocycles. The van der Waals surface area contributed by atoms with E-state index in [0.717, 1.165) is 22.3 Å². The van der Waals surface area contributed by atoms with Crippen molar-refractivity contribution in [1.29, 1.82) is 0 Å². The lowest BCUT2D eigenvalue weighted by atomic mass is 10.2. The van der Waals surface area contributed by atoms with Crippen LogP contribution in [0.4, 0.5) is 0 Å². The summed E-state index contributed by atoms with van der Waals surface area (Å²) in [6, 6.07) is -0.0138. The van der Waals surface area contributed by atoms with Gasteiger partial charge in [-0.1, -0.05) is 25.4 Å². The summed E-state index contributed by atoms with van der Waals surface area (Å²) in [6.07, 6.45) is 1.68. The normalized spacial score (nSPS) is 13.1. The summed E-state index contributed by atoms with van der Waals surface area (Å²) in [4.78, 5) is 9.09. The van der Waals surface area contributed by atoms with Crippen molar-refractivity contribution in [1.82, 2.24) is 15.3 Å². The van der Waals surface area contributed by atoms with E-state index in [2.05, 4.69) is 29.5 Å². The molecule has 0 spiro atoms. The van der Waals surface area contributed by atoms with Crippen LogP contribution in [0.25, 0.3) is 0 Å². The highest BCUT2D eigenvalue weighted by atomic mass is 35.5. The minimum atomic E-state index is -0.0138. The third kappa shape index (κ3) is 3.99. The van der Waals surface area contributed by atoms with Gasteiger partial charge in [0, 0.05) is 19.0 Å². The summed E-state index contributed by atoms with van der Waals surface area (Å²) < 4.78 is 5.78. The minimum Gasteiger partial charge on any atom is -0.383 e. The monoisotopic (exact) mass is 331 g/mol. The first kappa shape index (κ1) is 15.9. The number of hydrogen-bond acceptors (Lipinski definition) is 6. The molecule has 7 heteroatoms. The zero-order valence-electron chi connectivity index (χ0n) is 11.7. The standard InChI is InChI=1S/C13H18ClN3OS2/c1-8(2)9-7-19-13(17-9)11(15-4-5-18-3)12-16-6-10(14)20-12/h6-8,11,15H,4-5H2,1-3H3. The SMILES string of the molecule is COCCNC(c1nc(C(C)C)cs1)c1ncc(Cl)s1. The topological polar surface area (TPSA) is 47.0 Å². The molecule has 4 nitrogen and oxygen atoms in total. The van der Waals surface area contributed by atoms with Gasteiger partial charge in [0.2, 0.25) is 0 Å². The van der Waals surface area contributed by atoms with Gasteiger partial charge in [-0.15, -0.1) is 22.7 Å². The van der Waals surface area contributed by atoms with Gasteiger partial charge in [0.15, 0.2) is 0 Å². The maximum absolute atomic E-state index is 6.00. The van der Waals surface area contributed by atoms with E-state index >= 15 is 0 Å². The Morgan fingerprint density at radius 1 is 1.40 bits per heavy atom. The fourth-order valence-corrected chi connectivity index (χ4v) is 3.82. The van der Waals surface area contributed by atoms with Gasteiger partial charge in [0.25, 0.3) is 0 Å². The number of aromatic nitrogens is 2. The maximum atomic E-state index is 6.00. The molecule has 2 aromatic heterocycles. The number of thiazole rings is 2. The third-order valence-corrected chi connectivity index (χ3v) is 4.88. The molecule has 1 atom stereocenters. The summed E-state index contributed by atoms with van der Waals surface area (Å²) in [7, 11) is 1.69. The van der Waals surface area contributed by atoms with Crippen LogP contribution in [0.5, 0.6) is 0 Å². The van der Waals surface area contributed by atoms with Crippen LogP contribution in [0, 0.1) is 0 Å². The molecule has 0 aromatic carbocycles. The van der Waals surface area contributed by atoms with Gasteiger partial charge < -0.3 is 4.74 Å². The largest absolute Gasteiger partial charge is 0.383 e. The van der Waals surface area contributed by atoms with Crippen LogP contribution in [0.3, 0.4) is 0 Å². The van der Waals surface area contributed by atoms with Crippen molar-refractivity contribution in [2.24, 2.45) is 0 Å². The number of hydrogen-bond donors (Lipinski definition) is 1. The van der Waals surface area contributed by atoms with Crippen molar-refractivity contribution in [3.63, 3.8) is 0 Å². The third-order valence-electron chi connectivity index (χ3n) is 2.78. The summed E-state index contributed by atoms with van der Waals surface area (Å²) >= 11 is 9.14. The Balaban J connectivity index is 2.20. The van der Waals surface area contributed by atoms with Crippen LogP contribution >= 0.6 is 34.3 Å². The molecule has 0 saturated heterocycles. The van der Waals surface area contributed by atoms with Crippen molar-refractivity contribution in [2.75, 3.05) is 20.3 Å². The van der Waals surface area contributed by atoms with Gasteiger partial charge in [-0.25, -0.2) is 9.97 Å². The van der Waals surface area contributed by atoms with E-state index in [-0.39, 0.29) is 6.04 Å². The smallest absolute Gasteiger partial charge is 0.118 e. The highest BCUT2D eigenvalue weighted by molar-refractivity contribution is 7.16. The van der Waals surface area contributed by atoms with Crippen molar-refractivity contribution in [3.05, 3.63) is 31.6 Å². The molecule has 1 N–H and O–H groups in total. The van der Waals surface area contributed by atoms with Gasteiger partial charge in [-0.2, -0.15) is 0 Å². The number of methoxy groups -OCH3 is 1. The molecule has 0 saturated carbocycles. The van der Waals surface area contributed by atoms with E-state index in [9.17, 15) is 0 Å². The number of nitrogens with zero attached hydrogens (tertiary/aromatic N) is 2. The second-order valence-electron chi connectivity index (χ2n) is 4.65. The lowest BCUT2D eigenvalue weighted by Gasteiger charge is -2.13. The Morgan fingerprint density at radius 3 is 2.75 bits per heavy atom. The Labute approximate surface area is 132 Å². The van der Waals surface area contributed by atoms with E-state index in [1.54, 1.807) is 24.6 Å². The molecule has 0 aliphatic carbocycles. The molecule has 0 bridgehead atoms. The predicted molar refractivity (Wildman–Crippen MR) is 85.0 cm³/mol. The molecule has 2 rings (SSSR count). The number of ether oxygens (including phenoxy) is 1. The fraction of sp³-hybridized carbons (Fsp3) is 0.538. The molecule has 0 aliphatic rings. The first-order valence-corrected chi connectivity index (χ1v) is 8.48. The molecular weight excluding hydrogens is 314 g/mol. The van der Waals surface area contributed by atoms with Gasteiger partial charge >= 0.3 is 0 Å². The number of rotatable bonds is 7. The Kier molecular flexibility index (Phi) is 5.92. The minimum absolute atomic E-state index is 0.0138. The molecule has 1 unspecified atom stereocenters. The van der Waals surface area contributed by atoms with Gasteiger partial charge in [0.05, 0.1) is 18.5 Å². The molecule has 0 radical (unpaired) electrons. The van der Waals surface area contributed by atoms with Crippen molar-refractivity contribution in [2.45, 2.75) is 25.8 Å². The van der Waals surface area contributed by atoms with Crippen LogP contribution in [0.2, 0.25) is 4.34 Å². The lowest BCUT2D eigenvalue weighted by molar-refractivity contribution is 0.197. The highest BCUT2D eigenvalue weighted by Crippen LogP contribution is 2.31. The van der Waals surface area contributed by atoms with Crippen LogP contribution in [-0.2, 0) is 4.74 Å². The Hall–Kier alpha value is -0.530. The summed E-state index contributed by atoms with van der Waals surface area (Å²) in [5.41, 5.74) is 1.12. The zero-order valence-corrected chi connectivity index (χ0v) is 14.1. The van der Waals surface area contributed by atoms with Gasteiger partial charge in [0.1, 0.15) is 20.4 Å². The summed E-state index contributed by atoms with van der Waals surface area (Å²) in [5.74, 6) is 0.430. The van der Waals surface area contributed by atoms with Gasteiger partial charge in [-0.05, 0) is 5.92 Å². The summed E-state index contributed by atoms with van der Waals surface area (Å²) in [5, 5.41) is 7.51. The van der Waals surface area contributed by atoms with E-state index in [1.165, 1.54) is 11.3 Å². The molecule has 0 amide bonds. The number of nitrogens with one attached hydrogen (secondary N) is 1. The average Bonchev–Trinajstić information content (AvgIpc) is 3.04. The predicted octanol–water partition coefficient (Wildman–Crippen LogP) is 3.70. The second kappa shape index (κ2) is 7.47. The van der Waals surface area contributed by atoms with E-state index in [1.807, 2.05) is 0 Å². The molecule has 2 heterocycles. The lowest BCUT2D eigenvalue weighted by Crippen LogP contribution is -2.25. The van der Waals surface area contributed by atoms with Crippen molar-refractivity contribution < 1.29 is 4.74 Å². The van der Waals surface area contributed by atoms with Crippen molar-refractivity contribution in [3.8, 4) is 0 Å². The first-order valence-electron chi connectivity index (χ1n) is 6.40. The average molecular weight is 332 g/mol. The molecule has 2 aromatic rings. The van der Waals surface area contributed by atoms with Crippen molar-refractivity contribution >= 4 is 34.3 Å². The molecule has 20 heavy (non-hydrogen) atoms. The Bertz CT molecular complexity index is 541. The maximum Gasteiger partial charge on any atom is 0.118 e. The number of halogens is 1. The molecule has 0 fully saturated rings.